The van der Waals surface area contributed by atoms with Gasteiger partial charge in [0.25, 0.3) is 5.91 Å². The van der Waals surface area contributed by atoms with E-state index in [-0.39, 0.29) is 19.0 Å². The molecule has 0 aliphatic rings. The Kier molecular flexibility index (Phi) is 4.10. The Morgan fingerprint density at radius 1 is 1.25 bits per heavy atom. The number of aromatic nitrogens is 1. The molecule has 0 atom stereocenters. The van der Waals surface area contributed by atoms with Crippen LogP contribution in [0.5, 0.6) is 0 Å². The Labute approximate surface area is 117 Å². The number of sulfonamides is 1. The molecule has 0 unspecified atom stereocenters. The summed E-state index contributed by atoms with van der Waals surface area (Å²) in [6, 6.07) is 9.53. The molecule has 0 bridgehead atoms. The summed E-state index contributed by atoms with van der Waals surface area (Å²) in [4.78, 5) is 12.1. The van der Waals surface area contributed by atoms with E-state index < -0.39 is 10.0 Å². The molecule has 1 aromatic heterocycles. The molecule has 0 saturated carbocycles. The van der Waals surface area contributed by atoms with Crippen LogP contribution in [-0.2, 0) is 17.1 Å². The van der Waals surface area contributed by atoms with Crippen molar-refractivity contribution in [2.24, 2.45) is 7.05 Å². The van der Waals surface area contributed by atoms with Gasteiger partial charge in [0, 0.05) is 31.0 Å². The molecule has 2 rings (SSSR count). The Bertz CT molecular complexity index is 734. The summed E-state index contributed by atoms with van der Waals surface area (Å²) in [5.74, 6) is -0.223. The number of hydrogen-bond acceptors (Lipinski definition) is 3. The van der Waals surface area contributed by atoms with Gasteiger partial charge in [-0.05, 0) is 12.1 Å². The van der Waals surface area contributed by atoms with Gasteiger partial charge < -0.3 is 9.88 Å². The van der Waals surface area contributed by atoms with Crippen LogP contribution < -0.4 is 10.0 Å². The smallest absolute Gasteiger partial charge is 0.267 e. The summed E-state index contributed by atoms with van der Waals surface area (Å²) < 4.78 is 25.9. The summed E-state index contributed by atoms with van der Waals surface area (Å²) in [6.45, 7) is 0.419. The molecule has 1 aromatic carbocycles. The number of amides is 1. The first-order valence-corrected chi connectivity index (χ1v) is 8.05. The van der Waals surface area contributed by atoms with Crippen molar-refractivity contribution in [3.63, 3.8) is 0 Å². The molecule has 7 heteroatoms. The van der Waals surface area contributed by atoms with Crippen molar-refractivity contribution in [2.75, 3.05) is 19.3 Å². The lowest BCUT2D eigenvalue weighted by Crippen LogP contribution is -2.34. The molecule has 0 aliphatic carbocycles. The molecule has 0 saturated heterocycles. The highest BCUT2D eigenvalue weighted by Crippen LogP contribution is 2.17. The minimum absolute atomic E-state index is 0.175. The van der Waals surface area contributed by atoms with Crippen LogP contribution in [-0.4, -0.2) is 38.2 Å². The number of fused-ring (bicyclic) bond motifs is 1. The largest absolute Gasteiger partial charge is 0.349 e. The standard InChI is InChI=1S/C13H17N3O3S/c1-16-11-6-4-3-5-10(11)9-12(16)13(17)14-7-8-15-20(2,18)19/h3-6,9,15H,7-8H2,1-2H3,(H,14,17). The van der Waals surface area contributed by atoms with Crippen molar-refractivity contribution in [3.05, 3.63) is 36.0 Å². The van der Waals surface area contributed by atoms with Gasteiger partial charge in [0.15, 0.2) is 0 Å². The summed E-state index contributed by atoms with van der Waals surface area (Å²) in [5.41, 5.74) is 1.53. The van der Waals surface area contributed by atoms with Crippen LogP contribution in [0.1, 0.15) is 10.5 Å². The number of aryl methyl sites for hydroxylation is 1. The fraction of sp³-hybridized carbons (Fsp3) is 0.308. The topological polar surface area (TPSA) is 80.2 Å². The Morgan fingerprint density at radius 2 is 1.95 bits per heavy atom. The highest BCUT2D eigenvalue weighted by Gasteiger charge is 2.12. The van der Waals surface area contributed by atoms with E-state index in [4.69, 9.17) is 0 Å². The minimum atomic E-state index is -3.22. The normalized spacial score (nSPS) is 11.7. The second kappa shape index (κ2) is 5.64. The number of nitrogens with one attached hydrogen (secondary N) is 2. The summed E-state index contributed by atoms with van der Waals surface area (Å²) in [5, 5.41) is 3.68. The SMILES string of the molecule is Cn1c(C(=O)NCCNS(C)(=O)=O)cc2ccccc21. The Balaban J connectivity index is 2.03. The van der Waals surface area contributed by atoms with Crippen LogP contribution in [0.4, 0.5) is 0 Å². The number of para-hydroxylation sites is 1. The lowest BCUT2D eigenvalue weighted by atomic mass is 10.2. The van der Waals surface area contributed by atoms with E-state index >= 15 is 0 Å². The maximum atomic E-state index is 12.1. The zero-order chi connectivity index (χ0) is 14.8. The number of carbonyl (C=O) groups is 1. The van der Waals surface area contributed by atoms with Gasteiger partial charge in [-0.3, -0.25) is 4.79 Å². The predicted octanol–water partition coefficient (Wildman–Crippen LogP) is 0.457. The van der Waals surface area contributed by atoms with Gasteiger partial charge in [-0.15, -0.1) is 0 Å². The molecular weight excluding hydrogens is 278 g/mol. The van der Waals surface area contributed by atoms with Gasteiger partial charge in [0.1, 0.15) is 5.69 Å². The van der Waals surface area contributed by atoms with Crippen LogP contribution in [0.2, 0.25) is 0 Å². The van der Waals surface area contributed by atoms with Gasteiger partial charge in [0.2, 0.25) is 10.0 Å². The first-order chi connectivity index (χ1) is 9.38. The molecule has 2 aromatic rings. The second-order valence-electron chi connectivity index (χ2n) is 4.57. The van der Waals surface area contributed by atoms with E-state index in [2.05, 4.69) is 10.0 Å². The van der Waals surface area contributed by atoms with E-state index in [9.17, 15) is 13.2 Å². The average Bonchev–Trinajstić information content (AvgIpc) is 2.72. The van der Waals surface area contributed by atoms with Crippen molar-refractivity contribution in [3.8, 4) is 0 Å². The lowest BCUT2D eigenvalue weighted by Gasteiger charge is -2.06. The quantitative estimate of drug-likeness (QED) is 0.786. The molecule has 0 aliphatic heterocycles. The fourth-order valence-electron chi connectivity index (χ4n) is 2.01. The van der Waals surface area contributed by atoms with Crippen LogP contribution in [0.25, 0.3) is 10.9 Å². The third-order valence-corrected chi connectivity index (χ3v) is 3.69. The van der Waals surface area contributed by atoms with Crippen LogP contribution in [0.15, 0.2) is 30.3 Å². The van der Waals surface area contributed by atoms with Crippen LogP contribution in [0, 0.1) is 0 Å². The van der Waals surface area contributed by atoms with E-state index in [0.717, 1.165) is 17.2 Å². The van der Waals surface area contributed by atoms with Crippen molar-refractivity contribution in [1.82, 2.24) is 14.6 Å². The predicted molar refractivity (Wildman–Crippen MR) is 78.1 cm³/mol. The summed E-state index contributed by atoms with van der Waals surface area (Å²) >= 11 is 0. The zero-order valence-corrected chi connectivity index (χ0v) is 12.2. The van der Waals surface area contributed by atoms with Gasteiger partial charge in [-0.25, -0.2) is 13.1 Å². The van der Waals surface area contributed by atoms with Crippen LogP contribution in [0.3, 0.4) is 0 Å². The third kappa shape index (κ3) is 3.37. The molecular formula is C13H17N3O3S. The number of nitrogens with zero attached hydrogens (tertiary/aromatic N) is 1. The number of carbonyl (C=O) groups excluding carboxylic acids is 1. The van der Waals surface area contributed by atoms with E-state index in [1.807, 2.05) is 41.9 Å². The Morgan fingerprint density at radius 3 is 2.60 bits per heavy atom. The van der Waals surface area contributed by atoms with Gasteiger partial charge in [-0.2, -0.15) is 0 Å². The highest BCUT2D eigenvalue weighted by atomic mass is 32.2. The second-order valence-corrected chi connectivity index (χ2v) is 6.40. The summed E-state index contributed by atoms with van der Waals surface area (Å²) in [6.07, 6.45) is 1.08. The molecule has 0 spiro atoms. The van der Waals surface area contributed by atoms with Crippen molar-refractivity contribution >= 4 is 26.8 Å². The maximum absolute atomic E-state index is 12.1. The fourth-order valence-corrected chi connectivity index (χ4v) is 2.48. The van der Waals surface area contributed by atoms with Gasteiger partial charge >= 0.3 is 0 Å². The van der Waals surface area contributed by atoms with E-state index in [1.165, 1.54) is 0 Å². The number of benzene rings is 1. The molecule has 108 valence electrons. The van der Waals surface area contributed by atoms with Crippen molar-refractivity contribution < 1.29 is 13.2 Å². The first-order valence-electron chi connectivity index (χ1n) is 6.16. The highest BCUT2D eigenvalue weighted by molar-refractivity contribution is 7.88. The summed E-state index contributed by atoms with van der Waals surface area (Å²) in [7, 11) is -1.40. The lowest BCUT2D eigenvalue weighted by molar-refractivity contribution is 0.0946. The maximum Gasteiger partial charge on any atom is 0.267 e. The van der Waals surface area contributed by atoms with Gasteiger partial charge in [0.05, 0.1) is 6.26 Å². The monoisotopic (exact) mass is 295 g/mol. The molecule has 1 amide bonds. The first kappa shape index (κ1) is 14.5. The molecule has 6 nitrogen and oxygen atoms in total. The molecule has 2 N–H and O–H groups in total. The van der Waals surface area contributed by atoms with E-state index in [0.29, 0.717) is 5.69 Å². The molecule has 20 heavy (non-hydrogen) atoms. The van der Waals surface area contributed by atoms with Crippen LogP contribution >= 0.6 is 0 Å². The third-order valence-electron chi connectivity index (χ3n) is 2.96. The molecule has 0 radical (unpaired) electrons. The number of rotatable bonds is 5. The Hall–Kier alpha value is -1.86. The van der Waals surface area contributed by atoms with Gasteiger partial charge in [-0.1, -0.05) is 18.2 Å². The molecule has 0 fully saturated rings. The number of hydrogen-bond donors (Lipinski definition) is 2. The average molecular weight is 295 g/mol. The minimum Gasteiger partial charge on any atom is -0.349 e. The van der Waals surface area contributed by atoms with E-state index in [1.54, 1.807) is 0 Å². The van der Waals surface area contributed by atoms with Crippen molar-refractivity contribution in [1.29, 1.82) is 0 Å². The zero-order valence-electron chi connectivity index (χ0n) is 11.4. The van der Waals surface area contributed by atoms with Crippen molar-refractivity contribution in [2.45, 2.75) is 0 Å². The molecule has 1 heterocycles.